The van der Waals surface area contributed by atoms with Crippen molar-refractivity contribution in [2.45, 2.75) is 109 Å². The summed E-state index contributed by atoms with van der Waals surface area (Å²) in [5.41, 5.74) is 4.39. The van der Waals surface area contributed by atoms with Crippen molar-refractivity contribution in [3.63, 3.8) is 0 Å². The van der Waals surface area contributed by atoms with E-state index in [0.29, 0.717) is 54.1 Å². The number of aliphatic hydroxyl groups excluding tert-OH is 1. The summed E-state index contributed by atoms with van der Waals surface area (Å²) in [6.45, 7) is 4.90. The van der Waals surface area contributed by atoms with Crippen LogP contribution in [0.2, 0.25) is 0 Å². The van der Waals surface area contributed by atoms with Gasteiger partial charge < -0.3 is 34.1 Å². The number of benzene rings is 2. The molecule has 2 aliphatic heterocycles. The first-order chi connectivity index (χ1) is 22.7. The zero-order valence-electron chi connectivity index (χ0n) is 27.3. The number of aliphatic hydroxyl groups is 2. The van der Waals surface area contributed by atoms with Crippen LogP contribution < -0.4 is 14.2 Å². The van der Waals surface area contributed by atoms with Gasteiger partial charge in [0, 0.05) is 36.0 Å². The predicted molar refractivity (Wildman–Crippen MR) is 176 cm³/mol. The number of carbonyl (C=O) groups is 2. The molecule has 1 aromatic heterocycles. The Kier molecular flexibility index (Phi) is 8.39. The maximum atomic E-state index is 13.5. The van der Waals surface area contributed by atoms with E-state index in [4.69, 9.17) is 18.9 Å². The second kappa shape index (κ2) is 12.5. The molecule has 0 unspecified atom stereocenters. The molecule has 9 heteroatoms. The average molecular weight is 642 g/mol. The van der Waals surface area contributed by atoms with Crippen LogP contribution in [0.4, 0.5) is 0 Å². The molecule has 7 rings (SSSR count). The standard InChI is InChI=1S/C38H43NO8/c1-4-44-37(42)31-18-26(22-11-13-30(41)25(17-22)21-10-12-29-23(16-21)14-15-39-29)33-35(45-24-8-6-5-7-9-24)27-19-32(38(2,3)43)47-34(27)28(20-40)36(33)46-31/h10,12,14-16,18,24-25,32,39-40,43H,4-9,11,13,17,19-20H2,1-3H3/b26-22-/t25-,32-/m0/s1. The Morgan fingerprint density at radius 2 is 1.89 bits per heavy atom. The van der Waals surface area contributed by atoms with Gasteiger partial charge in [0.05, 0.1) is 36.0 Å². The van der Waals surface area contributed by atoms with Crippen molar-refractivity contribution in [2.75, 3.05) is 6.61 Å². The Bertz CT molecular complexity index is 1780. The van der Waals surface area contributed by atoms with Crippen molar-refractivity contribution in [1.29, 1.82) is 0 Å². The van der Waals surface area contributed by atoms with Crippen molar-refractivity contribution < 1.29 is 38.7 Å². The van der Waals surface area contributed by atoms with Gasteiger partial charge in [-0.15, -0.1) is 0 Å². The topological polar surface area (TPSA) is 127 Å². The molecule has 9 nitrogen and oxygen atoms in total. The molecule has 3 N–H and O–H groups in total. The van der Waals surface area contributed by atoms with Crippen LogP contribution in [0.3, 0.4) is 0 Å². The Hall–Kier alpha value is -4.08. The summed E-state index contributed by atoms with van der Waals surface area (Å²) < 4.78 is 25.0. The Balaban J connectivity index is 1.42. The number of ketones is 1. The van der Waals surface area contributed by atoms with Crippen LogP contribution in [-0.2, 0) is 27.4 Å². The summed E-state index contributed by atoms with van der Waals surface area (Å²) in [4.78, 5) is 29.9. The van der Waals surface area contributed by atoms with Crippen molar-refractivity contribution in [2.24, 2.45) is 0 Å². The van der Waals surface area contributed by atoms with Gasteiger partial charge in [0.25, 0.3) is 0 Å². The maximum absolute atomic E-state index is 13.5. The SMILES string of the molecule is CCOC(=O)C1=C/C(=C2\CCC(=O)[C@H](c3ccc4[nH]ccc4c3)C2)c2c(c(CO)c3c(c2OC2CCCCC2)C[C@@H](C(C)(C)O)O3)O1. The fourth-order valence-electron chi connectivity index (χ4n) is 7.54. The minimum atomic E-state index is -1.16. The Morgan fingerprint density at radius 1 is 1.09 bits per heavy atom. The third kappa shape index (κ3) is 5.84. The highest BCUT2D eigenvalue weighted by molar-refractivity contribution is 5.98. The summed E-state index contributed by atoms with van der Waals surface area (Å²) in [6.07, 6.45) is 9.87. The monoisotopic (exact) mass is 641 g/mol. The number of allylic oxidation sites excluding steroid dienone is 3. The highest BCUT2D eigenvalue weighted by atomic mass is 16.6. The number of aromatic nitrogens is 1. The quantitative estimate of drug-likeness (QED) is 0.247. The van der Waals surface area contributed by atoms with E-state index < -0.39 is 24.3 Å². The van der Waals surface area contributed by atoms with Crippen LogP contribution in [0.25, 0.3) is 16.5 Å². The lowest BCUT2D eigenvalue weighted by Gasteiger charge is -2.32. The molecule has 0 spiro atoms. The molecular weight excluding hydrogens is 598 g/mol. The summed E-state index contributed by atoms with van der Waals surface area (Å²) in [5, 5.41) is 22.9. The van der Waals surface area contributed by atoms with E-state index in [1.807, 2.05) is 24.4 Å². The number of rotatable bonds is 7. The molecule has 2 aromatic carbocycles. The minimum Gasteiger partial charge on any atom is -0.489 e. The number of hydrogen-bond donors (Lipinski definition) is 3. The largest absolute Gasteiger partial charge is 0.489 e. The number of aromatic amines is 1. The lowest BCUT2D eigenvalue weighted by molar-refractivity contribution is -0.141. The minimum absolute atomic E-state index is 0.000608. The van der Waals surface area contributed by atoms with Crippen LogP contribution in [0.5, 0.6) is 17.2 Å². The van der Waals surface area contributed by atoms with E-state index >= 15 is 0 Å². The molecule has 47 heavy (non-hydrogen) atoms. The molecule has 4 aliphatic rings. The fourth-order valence-corrected chi connectivity index (χ4v) is 7.54. The van der Waals surface area contributed by atoms with Crippen molar-refractivity contribution in [1.82, 2.24) is 4.98 Å². The Morgan fingerprint density at radius 3 is 2.64 bits per heavy atom. The first-order valence-corrected chi connectivity index (χ1v) is 16.9. The number of ether oxygens (including phenoxy) is 4. The van der Waals surface area contributed by atoms with Crippen LogP contribution in [0, 0.1) is 0 Å². The van der Waals surface area contributed by atoms with Crippen molar-refractivity contribution in [3.8, 4) is 17.2 Å². The number of hydrogen-bond acceptors (Lipinski definition) is 8. The zero-order valence-corrected chi connectivity index (χ0v) is 27.3. The van der Waals surface area contributed by atoms with Crippen LogP contribution in [-0.4, -0.2) is 51.4 Å². The number of nitrogens with one attached hydrogen (secondary N) is 1. The lowest BCUT2D eigenvalue weighted by atomic mass is 9.76. The molecule has 248 valence electrons. The first kappa shape index (κ1) is 31.5. The molecule has 0 bridgehead atoms. The molecule has 0 amide bonds. The van der Waals surface area contributed by atoms with Crippen molar-refractivity contribution >= 4 is 28.2 Å². The third-order valence-electron chi connectivity index (χ3n) is 10.1. The van der Waals surface area contributed by atoms with E-state index in [1.54, 1.807) is 26.8 Å². The van der Waals surface area contributed by atoms with E-state index in [2.05, 4.69) is 11.1 Å². The second-order valence-corrected chi connectivity index (χ2v) is 13.7. The first-order valence-electron chi connectivity index (χ1n) is 16.9. The van der Waals surface area contributed by atoms with Gasteiger partial charge in [-0.25, -0.2) is 4.79 Å². The van der Waals surface area contributed by atoms with Crippen LogP contribution >= 0.6 is 0 Å². The molecule has 2 aliphatic carbocycles. The van der Waals surface area contributed by atoms with Gasteiger partial charge in [-0.3, -0.25) is 4.79 Å². The molecule has 3 heterocycles. The zero-order chi connectivity index (χ0) is 32.9. The summed E-state index contributed by atoms with van der Waals surface area (Å²) in [5.74, 6) is 0.532. The molecule has 2 fully saturated rings. The molecule has 2 saturated carbocycles. The maximum Gasteiger partial charge on any atom is 0.374 e. The van der Waals surface area contributed by atoms with E-state index in [9.17, 15) is 19.8 Å². The van der Waals surface area contributed by atoms with Gasteiger partial charge in [0.15, 0.2) is 0 Å². The second-order valence-electron chi connectivity index (χ2n) is 13.7. The highest BCUT2D eigenvalue weighted by Gasteiger charge is 2.43. The predicted octanol–water partition coefficient (Wildman–Crippen LogP) is 6.58. The molecule has 2 atom stereocenters. The normalized spacial score (nSPS) is 23.1. The smallest absolute Gasteiger partial charge is 0.374 e. The van der Waals surface area contributed by atoms with Gasteiger partial charge in [-0.1, -0.05) is 18.1 Å². The Labute approximate surface area is 274 Å². The number of esters is 1. The van der Waals surface area contributed by atoms with E-state index in [-0.39, 0.29) is 30.2 Å². The third-order valence-corrected chi connectivity index (χ3v) is 10.1. The van der Waals surface area contributed by atoms with Crippen LogP contribution in [0.1, 0.15) is 100 Å². The molecule has 3 aromatic rings. The average Bonchev–Trinajstić information content (AvgIpc) is 3.73. The van der Waals surface area contributed by atoms with E-state index in [0.717, 1.165) is 65.3 Å². The molecule has 0 saturated heterocycles. The molecule has 0 radical (unpaired) electrons. The summed E-state index contributed by atoms with van der Waals surface area (Å²) in [7, 11) is 0. The number of H-pyrrole nitrogens is 1. The van der Waals surface area contributed by atoms with Crippen molar-refractivity contribution in [3.05, 3.63) is 70.1 Å². The summed E-state index contributed by atoms with van der Waals surface area (Å²) >= 11 is 0. The fraction of sp³-hybridized carbons (Fsp3) is 0.474. The van der Waals surface area contributed by atoms with Gasteiger partial charge in [-0.2, -0.15) is 0 Å². The highest BCUT2D eigenvalue weighted by Crippen LogP contribution is 2.55. The number of Topliss-reactive ketones (excluding diaryl/α,β-unsaturated/α-hetero) is 1. The van der Waals surface area contributed by atoms with Crippen LogP contribution in [0.15, 0.2) is 47.9 Å². The molecular formula is C38H43NO8. The van der Waals surface area contributed by atoms with E-state index in [1.165, 1.54) is 0 Å². The number of fused-ring (bicyclic) bond motifs is 3. The van der Waals surface area contributed by atoms with Gasteiger partial charge in [0.1, 0.15) is 29.1 Å². The lowest BCUT2D eigenvalue weighted by Crippen LogP contribution is -2.39. The van der Waals surface area contributed by atoms with Gasteiger partial charge >= 0.3 is 5.97 Å². The van der Waals surface area contributed by atoms with Gasteiger partial charge in [-0.05, 0) is 100 Å². The number of carbonyl (C=O) groups excluding carboxylic acids is 2. The summed E-state index contributed by atoms with van der Waals surface area (Å²) in [6, 6.07) is 8.09. The van der Waals surface area contributed by atoms with Gasteiger partial charge in [0.2, 0.25) is 5.76 Å².